The third-order valence-corrected chi connectivity index (χ3v) is 10.2. The molecule has 0 radical (unpaired) electrons. The zero-order valence-corrected chi connectivity index (χ0v) is 28.2. The Hall–Kier alpha value is -4.37. The summed E-state index contributed by atoms with van der Waals surface area (Å²) in [4.78, 5) is 39.0. The highest BCUT2D eigenvalue weighted by molar-refractivity contribution is 5.96. The number of pyridine rings is 1. The molecule has 6 rings (SSSR count). The normalized spacial score (nSPS) is 20.5. The summed E-state index contributed by atoms with van der Waals surface area (Å²) >= 11 is 0. The van der Waals surface area contributed by atoms with Crippen LogP contribution in [0.1, 0.15) is 43.5 Å². The van der Waals surface area contributed by atoms with E-state index >= 15 is 0 Å². The van der Waals surface area contributed by atoms with Crippen molar-refractivity contribution in [3.8, 4) is 6.01 Å². The molecule has 2 aliphatic heterocycles. The molecule has 0 unspecified atom stereocenters. The van der Waals surface area contributed by atoms with Crippen LogP contribution in [0.4, 0.5) is 20.3 Å². The SMILES string of the molecule is [C-]#[N+]C[C@H]1CN(c2nc(O[C@H](C)CN(C)[C@@H](C)C3CC(F)(F)C3)nc3c2CCN(c2cncc4cccc(C)c24)C3)CCN1C(=O)C=C. The second kappa shape index (κ2) is 13.6. The van der Waals surface area contributed by atoms with Crippen molar-refractivity contribution in [2.45, 2.75) is 70.7 Å². The highest BCUT2D eigenvalue weighted by Crippen LogP contribution is 2.45. The largest absolute Gasteiger partial charge is 0.459 e. The summed E-state index contributed by atoms with van der Waals surface area (Å²) in [6.45, 7) is 20.7. The highest BCUT2D eigenvalue weighted by atomic mass is 19.3. The van der Waals surface area contributed by atoms with E-state index in [1.54, 1.807) is 4.90 Å². The van der Waals surface area contributed by atoms with Gasteiger partial charge >= 0.3 is 6.01 Å². The van der Waals surface area contributed by atoms with Crippen molar-refractivity contribution in [1.82, 2.24) is 24.8 Å². The number of aromatic nitrogens is 3. The smallest absolute Gasteiger partial charge is 0.318 e. The van der Waals surface area contributed by atoms with Crippen molar-refractivity contribution in [3.05, 3.63) is 71.5 Å². The summed E-state index contributed by atoms with van der Waals surface area (Å²) in [6.07, 6.45) is 5.36. The molecule has 1 aromatic carbocycles. The minimum atomic E-state index is -2.55. The lowest BCUT2D eigenvalue weighted by Crippen LogP contribution is -2.56. The molecule has 12 heteroatoms. The Morgan fingerprint density at radius 2 is 2.00 bits per heavy atom. The first-order chi connectivity index (χ1) is 23.0. The van der Waals surface area contributed by atoms with Crippen LogP contribution in [-0.2, 0) is 17.8 Å². The van der Waals surface area contributed by atoms with Crippen LogP contribution in [-0.4, -0.2) is 101 Å². The van der Waals surface area contributed by atoms with Gasteiger partial charge in [0.1, 0.15) is 18.0 Å². The van der Waals surface area contributed by atoms with Crippen LogP contribution in [0.5, 0.6) is 6.01 Å². The number of benzene rings is 1. The van der Waals surface area contributed by atoms with Crippen molar-refractivity contribution in [2.75, 3.05) is 56.1 Å². The van der Waals surface area contributed by atoms with E-state index in [1.165, 1.54) is 17.0 Å². The van der Waals surface area contributed by atoms with Crippen LogP contribution in [0.15, 0.2) is 43.2 Å². The van der Waals surface area contributed by atoms with Gasteiger partial charge < -0.3 is 24.3 Å². The maximum absolute atomic E-state index is 13.6. The Labute approximate surface area is 281 Å². The molecule has 3 aliphatic rings. The lowest BCUT2D eigenvalue weighted by atomic mass is 9.76. The third kappa shape index (κ3) is 6.79. The van der Waals surface area contributed by atoms with Crippen LogP contribution in [0.2, 0.25) is 0 Å². The Kier molecular flexibility index (Phi) is 9.52. The second-order valence-corrected chi connectivity index (χ2v) is 13.6. The fourth-order valence-electron chi connectivity index (χ4n) is 7.46. The van der Waals surface area contributed by atoms with Gasteiger partial charge in [0.2, 0.25) is 18.4 Å². The summed E-state index contributed by atoms with van der Waals surface area (Å²) in [6, 6.07) is 6.19. The van der Waals surface area contributed by atoms with Crippen LogP contribution in [0.25, 0.3) is 15.6 Å². The predicted molar refractivity (Wildman–Crippen MR) is 182 cm³/mol. The maximum Gasteiger partial charge on any atom is 0.318 e. The number of hydrogen-bond acceptors (Lipinski definition) is 8. The number of piperazine rings is 1. The Bertz CT molecular complexity index is 1710. The van der Waals surface area contributed by atoms with E-state index in [2.05, 4.69) is 50.2 Å². The molecule has 3 aromatic rings. The van der Waals surface area contributed by atoms with Gasteiger partial charge in [0, 0.05) is 74.1 Å². The van der Waals surface area contributed by atoms with Gasteiger partial charge in [-0.1, -0.05) is 24.8 Å². The fraction of sp³-hybridized carbons (Fsp3) is 0.528. The first kappa shape index (κ1) is 33.5. The van der Waals surface area contributed by atoms with Gasteiger partial charge in [-0.2, -0.15) is 9.97 Å². The van der Waals surface area contributed by atoms with Gasteiger partial charge in [-0.15, -0.1) is 0 Å². The number of carbonyl (C=O) groups is 1. The molecule has 1 aliphatic carbocycles. The summed E-state index contributed by atoms with van der Waals surface area (Å²) in [5.74, 6) is -2.00. The molecular weight excluding hydrogens is 614 g/mol. The van der Waals surface area contributed by atoms with Crippen molar-refractivity contribution in [1.29, 1.82) is 0 Å². The molecular formula is C36H44F2N8O2. The summed E-state index contributed by atoms with van der Waals surface area (Å²) in [5.41, 5.74) is 4.14. The minimum Gasteiger partial charge on any atom is -0.459 e. The topological polar surface area (TPSA) is 82.3 Å². The molecule has 2 aromatic heterocycles. The standard InChI is InChI=1S/C36H44F2N8O2/c1-7-32(47)46-14-13-45(21-28(46)18-39-5)34-29-11-12-44(31-19-40-17-26-10-8-9-23(2)33(26)31)22-30(29)41-35(42-34)48-24(3)20-43(6)25(4)27-15-36(37,38)16-27/h7-10,17,19,24-25,27-28H,1,11-16,18,20-22H2,2-4,6H3/t24-,25+,28+/m1/s1. The molecule has 10 nitrogen and oxygen atoms in total. The van der Waals surface area contributed by atoms with Gasteiger partial charge in [-0.05, 0) is 51.8 Å². The quantitative estimate of drug-likeness (QED) is 0.219. The van der Waals surface area contributed by atoms with Crippen LogP contribution in [0.3, 0.4) is 0 Å². The van der Waals surface area contributed by atoms with Gasteiger partial charge in [-0.25, -0.2) is 15.4 Å². The number of fused-ring (bicyclic) bond motifs is 2. The van der Waals surface area contributed by atoms with Gasteiger partial charge in [0.05, 0.1) is 24.1 Å². The van der Waals surface area contributed by atoms with Crippen LogP contribution >= 0.6 is 0 Å². The number of nitrogens with zero attached hydrogens (tertiary/aromatic N) is 8. The number of halogens is 2. The zero-order chi connectivity index (χ0) is 34.2. The van der Waals surface area contributed by atoms with Crippen molar-refractivity contribution < 1.29 is 18.3 Å². The monoisotopic (exact) mass is 658 g/mol. The Morgan fingerprint density at radius 1 is 1.21 bits per heavy atom. The molecule has 3 atom stereocenters. The molecule has 2 fully saturated rings. The van der Waals surface area contributed by atoms with Gasteiger partial charge in [0.25, 0.3) is 0 Å². The number of carbonyl (C=O) groups excluding carboxylic acids is 1. The molecule has 1 saturated carbocycles. The van der Waals surface area contributed by atoms with E-state index in [4.69, 9.17) is 21.3 Å². The minimum absolute atomic E-state index is 0.00374. The third-order valence-electron chi connectivity index (χ3n) is 10.2. The number of amides is 1. The van der Waals surface area contributed by atoms with Gasteiger partial charge in [0.15, 0.2) is 0 Å². The van der Waals surface area contributed by atoms with Crippen molar-refractivity contribution >= 4 is 28.2 Å². The molecule has 1 amide bonds. The Morgan fingerprint density at radius 3 is 2.73 bits per heavy atom. The van der Waals surface area contributed by atoms with E-state index in [0.29, 0.717) is 39.1 Å². The molecule has 48 heavy (non-hydrogen) atoms. The van der Waals surface area contributed by atoms with E-state index in [-0.39, 0.29) is 55.4 Å². The number of hydrogen-bond donors (Lipinski definition) is 0. The Balaban J connectivity index is 1.29. The summed E-state index contributed by atoms with van der Waals surface area (Å²) in [7, 11) is 1.94. The number of alkyl halides is 2. The number of anilines is 2. The van der Waals surface area contributed by atoms with Crippen molar-refractivity contribution in [2.24, 2.45) is 5.92 Å². The molecule has 0 spiro atoms. The number of aryl methyl sites for hydroxylation is 1. The lowest BCUT2D eigenvalue weighted by Gasteiger charge is -2.42. The molecule has 0 bridgehead atoms. The van der Waals surface area contributed by atoms with Crippen LogP contribution < -0.4 is 14.5 Å². The predicted octanol–water partition coefficient (Wildman–Crippen LogP) is 5.15. The summed E-state index contributed by atoms with van der Waals surface area (Å²) in [5, 5.41) is 2.25. The van der Waals surface area contributed by atoms with E-state index < -0.39 is 5.92 Å². The summed E-state index contributed by atoms with van der Waals surface area (Å²) < 4.78 is 33.5. The van der Waals surface area contributed by atoms with E-state index in [0.717, 1.165) is 34.7 Å². The molecule has 0 N–H and O–H groups in total. The van der Waals surface area contributed by atoms with E-state index in [1.807, 2.05) is 39.4 Å². The molecule has 254 valence electrons. The average molecular weight is 659 g/mol. The first-order valence-electron chi connectivity index (χ1n) is 16.7. The lowest BCUT2D eigenvalue weighted by molar-refractivity contribution is -0.129. The van der Waals surface area contributed by atoms with E-state index in [9.17, 15) is 13.6 Å². The fourth-order valence-corrected chi connectivity index (χ4v) is 7.46. The number of likely N-dealkylation sites (N-methyl/N-ethyl adjacent to an activating group) is 1. The highest BCUT2D eigenvalue weighted by Gasteiger charge is 2.48. The number of rotatable bonds is 10. The number of ether oxygens (including phenoxy) is 1. The molecule has 1 saturated heterocycles. The zero-order valence-electron chi connectivity index (χ0n) is 28.2. The maximum atomic E-state index is 13.6. The first-order valence-corrected chi connectivity index (χ1v) is 16.7. The molecule has 4 heterocycles. The van der Waals surface area contributed by atoms with Crippen LogP contribution in [0, 0.1) is 19.4 Å². The average Bonchev–Trinajstić information content (AvgIpc) is 3.05. The van der Waals surface area contributed by atoms with Crippen molar-refractivity contribution in [3.63, 3.8) is 0 Å². The second-order valence-electron chi connectivity index (χ2n) is 13.6. The van der Waals surface area contributed by atoms with Gasteiger partial charge in [-0.3, -0.25) is 14.7 Å².